The van der Waals surface area contributed by atoms with E-state index in [9.17, 15) is 22.8 Å². The predicted octanol–water partition coefficient (Wildman–Crippen LogP) is 3.78. The Balaban J connectivity index is 4.33. The summed E-state index contributed by atoms with van der Waals surface area (Å²) in [6.07, 6.45) is 6.50. The van der Waals surface area contributed by atoms with Crippen LogP contribution in [0.2, 0.25) is 0 Å². The Bertz CT molecular complexity index is 754. The number of esters is 3. The van der Waals surface area contributed by atoms with Gasteiger partial charge in [-0.2, -0.15) is 8.42 Å². The maximum Gasteiger partial charge on any atom is 0.333 e. The second-order valence-electron chi connectivity index (χ2n) is 8.52. The lowest BCUT2D eigenvalue weighted by Gasteiger charge is -2.26. The zero-order valence-corrected chi connectivity index (χ0v) is 20.8. The molecule has 0 rings (SSSR count). The van der Waals surface area contributed by atoms with Gasteiger partial charge in [0, 0.05) is 11.1 Å². The minimum absolute atomic E-state index is 0.183. The third kappa shape index (κ3) is 15.3. The first kappa shape index (κ1) is 30.8. The van der Waals surface area contributed by atoms with Crippen molar-refractivity contribution in [3.63, 3.8) is 0 Å². The molecule has 0 aromatic rings. The molecule has 190 valence electrons. The minimum Gasteiger partial charge on any atom is -0.465 e. The van der Waals surface area contributed by atoms with Crippen LogP contribution in [0.3, 0.4) is 0 Å². The highest BCUT2D eigenvalue weighted by molar-refractivity contribution is 7.85. The van der Waals surface area contributed by atoms with Crippen LogP contribution >= 0.6 is 0 Å². The van der Waals surface area contributed by atoms with Crippen molar-refractivity contribution in [3.05, 3.63) is 24.3 Å². The summed E-state index contributed by atoms with van der Waals surface area (Å²) in [7, 11) is -3.87. The SMILES string of the molecule is C=C(C)C(=O)OCC(C)(COC(=O)C(=C)C)C(=O)OCCCCCCCCCCS(=O)(=O)O. The maximum absolute atomic E-state index is 12.6. The van der Waals surface area contributed by atoms with Crippen LogP contribution in [-0.4, -0.2) is 56.5 Å². The van der Waals surface area contributed by atoms with Crippen molar-refractivity contribution >= 4 is 28.0 Å². The van der Waals surface area contributed by atoms with Crippen LogP contribution in [0.25, 0.3) is 0 Å². The normalized spacial score (nSPS) is 11.5. The molecular weight excluding hydrogens is 452 g/mol. The summed E-state index contributed by atoms with van der Waals surface area (Å²) < 4.78 is 45.5. The first-order valence-corrected chi connectivity index (χ1v) is 12.7. The molecule has 10 heteroatoms. The van der Waals surface area contributed by atoms with Crippen LogP contribution in [0.1, 0.15) is 72.1 Å². The molecular formula is C23H38O9S. The number of carbonyl (C=O) groups excluding carboxylic acids is 3. The van der Waals surface area contributed by atoms with Crippen molar-refractivity contribution in [1.82, 2.24) is 0 Å². The van der Waals surface area contributed by atoms with Crippen LogP contribution in [0.15, 0.2) is 24.3 Å². The molecule has 0 radical (unpaired) electrons. The molecule has 0 saturated carbocycles. The van der Waals surface area contributed by atoms with Gasteiger partial charge < -0.3 is 14.2 Å². The van der Waals surface area contributed by atoms with Crippen molar-refractivity contribution in [2.75, 3.05) is 25.6 Å². The van der Waals surface area contributed by atoms with Crippen LogP contribution in [0, 0.1) is 5.41 Å². The van der Waals surface area contributed by atoms with E-state index in [0.717, 1.165) is 38.5 Å². The fourth-order valence-electron chi connectivity index (χ4n) is 2.64. The molecule has 33 heavy (non-hydrogen) atoms. The molecule has 0 amide bonds. The maximum atomic E-state index is 12.6. The highest BCUT2D eigenvalue weighted by Gasteiger charge is 2.38. The summed E-state index contributed by atoms with van der Waals surface area (Å²) in [5.41, 5.74) is -0.996. The van der Waals surface area contributed by atoms with Gasteiger partial charge >= 0.3 is 17.9 Å². The van der Waals surface area contributed by atoms with Gasteiger partial charge in [-0.05, 0) is 33.6 Å². The Kier molecular flexibility index (Phi) is 14.6. The molecule has 1 N–H and O–H groups in total. The standard InChI is InChI=1S/C23H38O9S/c1-18(2)20(24)31-16-23(5,17-32-21(25)19(3)4)22(26)30-14-12-10-8-6-7-9-11-13-15-33(27,28)29/h1,3,6-17H2,2,4-5H3,(H,27,28,29). The van der Waals surface area contributed by atoms with Crippen molar-refractivity contribution in [2.45, 2.75) is 72.1 Å². The zero-order valence-electron chi connectivity index (χ0n) is 20.0. The van der Waals surface area contributed by atoms with Crippen LogP contribution in [0.4, 0.5) is 0 Å². The van der Waals surface area contributed by atoms with Crippen molar-refractivity contribution in [1.29, 1.82) is 0 Å². The first-order chi connectivity index (χ1) is 15.3. The molecule has 0 heterocycles. The lowest BCUT2D eigenvalue weighted by atomic mass is 9.93. The van der Waals surface area contributed by atoms with E-state index in [1.807, 2.05) is 0 Å². The largest absolute Gasteiger partial charge is 0.465 e. The van der Waals surface area contributed by atoms with Gasteiger partial charge in [-0.1, -0.05) is 51.7 Å². The van der Waals surface area contributed by atoms with E-state index >= 15 is 0 Å². The quantitative estimate of drug-likeness (QED) is 0.100. The van der Waals surface area contributed by atoms with E-state index in [2.05, 4.69) is 13.2 Å². The fourth-order valence-corrected chi connectivity index (χ4v) is 3.21. The molecule has 9 nitrogen and oxygen atoms in total. The average molecular weight is 491 g/mol. The highest BCUT2D eigenvalue weighted by atomic mass is 32.2. The van der Waals surface area contributed by atoms with Crippen molar-refractivity contribution in [2.24, 2.45) is 5.41 Å². The monoisotopic (exact) mass is 490 g/mol. The van der Waals surface area contributed by atoms with Gasteiger partial charge in [0.15, 0.2) is 0 Å². The number of carbonyl (C=O) groups is 3. The van der Waals surface area contributed by atoms with Crippen LogP contribution < -0.4 is 0 Å². The number of hydrogen-bond donors (Lipinski definition) is 1. The number of unbranched alkanes of at least 4 members (excludes halogenated alkanes) is 7. The molecule has 0 spiro atoms. The second kappa shape index (κ2) is 15.6. The Morgan fingerprint density at radius 1 is 0.758 bits per heavy atom. The van der Waals surface area contributed by atoms with Crippen LogP contribution in [-0.2, 0) is 38.7 Å². The molecule has 0 aromatic heterocycles. The first-order valence-electron chi connectivity index (χ1n) is 11.1. The van der Waals surface area contributed by atoms with E-state index < -0.39 is 33.4 Å². The lowest BCUT2D eigenvalue weighted by Crippen LogP contribution is -2.40. The molecule has 0 aliphatic rings. The summed E-state index contributed by atoms with van der Waals surface area (Å²) in [5.74, 6) is -2.14. The Morgan fingerprint density at radius 3 is 1.55 bits per heavy atom. The zero-order chi connectivity index (χ0) is 25.5. The van der Waals surface area contributed by atoms with Crippen molar-refractivity contribution < 1.29 is 41.6 Å². The molecule has 0 saturated heterocycles. The van der Waals surface area contributed by atoms with Gasteiger partial charge in [0.1, 0.15) is 18.6 Å². The Labute approximate surface area is 197 Å². The third-order valence-electron chi connectivity index (χ3n) is 4.76. The molecule has 0 aliphatic carbocycles. The van der Waals surface area contributed by atoms with Gasteiger partial charge in [0.2, 0.25) is 0 Å². The summed E-state index contributed by atoms with van der Waals surface area (Å²) in [6.45, 7) is 11.0. The fraction of sp³-hybridized carbons (Fsp3) is 0.696. The summed E-state index contributed by atoms with van der Waals surface area (Å²) >= 11 is 0. The molecule has 0 atom stereocenters. The molecule has 0 bridgehead atoms. The molecule has 0 fully saturated rings. The van der Waals surface area contributed by atoms with Crippen molar-refractivity contribution in [3.8, 4) is 0 Å². The summed E-state index contributed by atoms with van der Waals surface area (Å²) in [4.78, 5) is 36.1. The summed E-state index contributed by atoms with van der Waals surface area (Å²) in [5, 5.41) is 0. The van der Waals surface area contributed by atoms with Gasteiger partial charge in [0.05, 0.1) is 12.4 Å². The summed E-state index contributed by atoms with van der Waals surface area (Å²) in [6, 6.07) is 0. The number of rotatable bonds is 18. The average Bonchev–Trinajstić information content (AvgIpc) is 2.72. The van der Waals surface area contributed by atoms with E-state index in [1.165, 1.54) is 20.8 Å². The van der Waals surface area contributed by atoms with Gasteiger partial charge in [-0.25, -0.2) is 9.59 Å². The second-order valence-corrected chi connectivity index (χ2v) is 10.1. The van der Waals surface area contributed by atoms with E-state index in [0.29, 0.717) is 12.8 Å². The third-order valence-corrected chi connectivity index (χ3v) is 5.57. The minimum atomic E-state index is -3.87. The molecule has 0 unspecified atom stereocenters. The van der Waals surface area contributed by atoms with E-state index in [1.54, 1.807) is 0 Å². The lowest BCUT2D eigenvalue weighted by molar-refractivity contribution is -0.168. The highest BCUT2D eigenvalue weighted by Crippen LogP contribution is 2.22. The molecule has 0 aliphatic heterocycles. The van der Waals surface area contributed by atoms with Gasteiger partial charge in [0.25, 0.3) is 10.1 Å². The van der Waals surface area contributed by atoms with Gasteiger partial charge in [-0.15, -0.1) is 0 Å². The van der Waals surface area contributed by atoms with E-state index in [4.69, 9.17) is 18.8 Å². The molecule has 0 aromatic carbocycles. The topological polar surface area (TPSA) is 133 Å². The smallest absolute Gasteiger partial charge is 0.333 e. The Hall–Kier alpha value is -2.20. The predicted molar refractivity (Wildman–Crippen MR) is 124 cm³/mol. The van der Waals surface area contributed by atoms with E-state index in [-0.39, 0.29) is 36.7 Å². The number of hydrogen-bond acceptors (Lipinski definition) is 8. The number of ether oxygens (including phenoxy) is 3. The Morgan fingerprint density at radius 2 is 1.15 bits per heavy atom. The van der Waals surface area contributed by atoms with Crippen LogP contribution in [0.5, 0.6) is 0 Å². The van der Waals surface area contributed by atoms with Gasteiger partial charge in [-0.3, -0.25) is 9.35 Å².